The third-order valence-corrected chi connectivity index (χ3v) is 5.29. The molecule has 1 aromatic rings. The minimum Gasteiger partial charge on any atom is -0.337 e. The summed E-state index contributed by atoms with van der Waals surface area (Å²) in [6, 6.07) is 5.50. The monoisotopic (exact) mass is 337 g/mol. The van der Waals surface area contributed by atoms with Gasteiger partial charge in [0.25, 0.3) is 0 Å². The number of carbonyl (C=O) groups is 1. The number of nitrogens with zero attached hydrogens (tertiary/aromatic N) is 1. The molecule has 0 unspecified atom stereocenters. The minimum atomic E-state index is -2.73. The number of alkyl halides is 2. The van der Waals surface area contributed by atoms with Crippen molar-refractivity contribution in [3.05, 3.63) is 35.5 Å². The summed E-state index contributed by atoms with van der Waals surface area (Å²) in [5.74, 6) is -2.59. The van der Waals surface area contributed by atoms with E-state index in [9.17, 15) is 13.6 Å². The van der Waals surface area contributed by atoms with Crippen molar-refractivity contribution in [3.8, 4) is 0 Å². The molecule has 0 amide bonds. The van der Waals surface area contributed by atoms with Crippen molar-refractivity contribution in [1.29, 1.82) is 0 Å². The summed E-state index contributed by atoms with van der Waals surface area (Å²) in [5, 5.41) is 0. The quantitative estimate of drug-likeness (QED) is 0.788. The first-order valence-electron chi connectivity index (χ1n) is 7.85. The first kappa shape index (κ1) is 16.5. The molecule has 0 aromatic heterocycles. The highest BCUT2D eigenvalue weighted by molar-refractivity contribution is 8.00. The number of halogens is 2. The van der Waals surface area contributed by atoms with E-state index < -0.39 is 5.92 Å². The van der Waals surface area contributed by atoms with E-state index >= 15 is 0 Å². The highest BCUT2D eigenvalue weighted by atomic mass is 32.2. The summed E-state index contributed by atoms with van der Waals surface area (Å²) >= 11 is 1.74. The maximum atomic E-state index is 13.3. The van der Waals surface area contributed by atoms with E-state index in [-0.39, 0.29) is 17.0 Å². The topological polar surface area (TPSA) is 20.3 Å². The Bertz CT molecular complexity index is 676. The molecular weight excluding hydrogens is 316 g/mol. The fourth-order valence-electron chi connectivity index (χ4n) is 3.18. The SMILES string of the molecule is CC(F)(F)Cc1ccc2c(c1)N(C1=CCCC1=O)CC(C)(C)S2. The van der Waals surface area contributed by atoms with E-state index in [2.05, 4.69) is 13.8 Å². The molecule has 1 heterocycles. The molecule has 0 saturated heterocycles. The van der Waals surface area contributed by atoms with E-state index in [1.807, 2.05) is 23.1 Å². The fraction of sp³-hybridized carbons (Fsp3) is 0.500. The third-order valence-electron chi connectivity index (χ3n) is 4.04. The summed E-state index contributed by atoms with van der Waals surface area (Å²) < 4.78 is 26.6. The van der Waals surface area contributed by atoms with Crippen LogP contribution in [0.4, 0.5) is 14.5 Å². The maximum Gasteiger partial charge on any atom is 0.249 e. The van der Waals surface area contributed by atoms with Crippen LogP contribution in [-0.2, 0) is 11.2 Å². The average Bonchev–Trinajstić information content (AvgIpc) is 2.82. The lowest BCUT2D eigenvalue weighted by atomic mass is 10.0. The summed E-state index contributed by atoms with van der Waals surface area (Å²) in [7, 11) is 0. The first-order valence-corrected chi connectivity index (χ1v) is 8.67. The predicted octanol–water partition coefficient (Wildman–Crippen LogP) is 4.82. The Balaban J connectivity index is 2.02. The van der Waals surface area contributed by atoms with Gasteiger partial charge in [-0.15, -0.1) is 11.8 Å². The van der Waals surface area contributed by atoms with Crippen molar-refractivity contribution in [2.75, 3.05) is 11.4 Å². The van der Waals surface area contributed by atoms with Gasteiger partial charge in [0, 0.05) is 29.0 Å². The number of Topliss-reactive ketones (excluding diaryl/α,β-unsaturated/α-hetero) is 1. The Labute approximate surface area is 139 Å². The molecule has 0 spiro atoms. The van der Waals surface area contributed by atoms with Gasteiger partial charge in [-0.1, -0.05) is 12.1 Å². The molecule has 124 valence electrons. The Kier molecular flexibility index (Phi) is 4.03. The molecule has 2 nitrogen and oxygen atoms in total. The molecule has 3 rings (SSSR count). The van der Waals surface area contributed by atoms with Crippen LogP contribution in [0, 0.1) is 0 Å². The van der Waals surface area contributed by atoms with Crippen molar-refractivity contribution in [1.82, 2.24) is 0 Å². The molecule has 0 N–H and O–H groups in total. The lowest BCUT2D eigenvalue weighted by Gasteiger charge is -2.40. The zero-order valence-corrected chi connectivity index (χ0v) is 14.5. The Morgan fingerprint density at radius 2 is 2.09 bits per heavy atom. The lowest BCUT2D eigenvalue weighted by Crippen LogP contribution is -2.40. The molecule has 0 saturated carbocycles. The van der Waals surface area contributed by atoms with Gasteiger partial charge in [-0.05, 0) is 44.9 Å². The van der Waals surface area contributed by atoms with Gasteiger partial charge < -0.3 is 4.90 Å². The molecule has 0 atom stereocenters. The van der Waals surface area contributed by atoms with E-state index in [4.69, 9.17) is 0 Å². The second-order valence-corrected chi connectivity index (χ2v) is 8.80. The van der Waals surface area contributed by atoms with Gasteiger partial charge in [0.05, 0.1) is 11.4 Å². The Hall–Kier alpha value is -1.36. The van der Waals surface area contributed by atoms with Crippen molar-refractivity contribution in [2.45, 2.75) is 55.6 Å². The molecule has 0 bridgehead atoms. The van der Waals surface area contributed by atoms with Crippen LogP contribution >= 0.6 is 11.8 Å². The van der Waals surface area contributed by atoms with Crippen LogP contribution in [-0.4, -0.2) is 23.0 Å². The molecule has 1 aromatic carbocycles. The Morgan fingerprint density at radius 1 is 1.35 bits per heavy atom. The van der Waals surface area contributed by atoms with Crippen LogP contribution in [0.15, 0.2) is 34.9 Å². The largest absolute Gasteiger partial charge is 0.337 e. The summed E-state index contributed by atoms with van der Waals surface area (Å²) in [6.07, 6.45) is 3.00. The standard InChI is InChI=1S/C18H21F2NOS/c1-17(2)11-21(13-5-4-6-15(13)22)14-9-12(10-18(3,19)20)7-8-16(14)23-17/h5,7-9H,4,6,10-11H2,1-3H3. The van der Waals surface area contributed by atoms with Gasteiger partial charge in [-0.25, -0.2) is 8.78 Å². The Morgan fingerprint density at radius 3 is 2.70 bits per heavy atom. The third kappa shape index (κ3) is 3.60. The van der Waals surface area contributed by atoms with Crippen LogP contribution in [0.25, 0.3) is 0 Å². The number of allylic oxidation sites excluding steroid dienone is 2. The van der Waals surface area contributed by atoms with Crippen LogP contribution in [0.5, 0.6) is 0 Å². The average molecular weight is 337 g/mol. The van der Waals surface area contributed by atoms with Gasteiger partial charge in [-0.2, -0.15) is 0 Å². The van der Waals surface area contributed by atoms with Gasteiger partial charge >= 0.3 is 0 Å². The molecule has 1 aliphatic heterocycles. The summed E-state index contributed by atoms with van der Waals surface area (Å²) in [4.78, 5) is 15.2. The molecule has 1 aliphatic carbocycles. The first-order chi connectivity index (χ1) is 10.6. The summed E-state index contributed by atoms with van der Waals surface area (Å²) in [5.41, 5.74) is 2.21. The predicted molar refractivity (Wildman–Crippen MR) is 90.4 cm³/mol. The van der Waals surface area contributed by atoms with Crippen LogP contribution in [0.1, 0.15) is 39.2 Å². The number of benzene rings is 1. The molecule has 5 heteroatoms. The number of hydrogen-bond donors (Lipinski definition) is 0. The van der Waals surface area contributed by atoms with Gasteiger partial charge in [0.15, 0.2) is 5.78 Å². The molecule has 2 aliphatic rings. The number of fused-ring (bicyclic) bond motifs is 1. The number of rotatable bonds is 3. The van der Waals surface area contributed by atoms with E-state index in [1.165, 1.54) is 0 Å². The molecule has 0 fully saturated rings. The second kappa shape index (κ2) is 5.62. The van der Waals surface area contributed by atoms with E-state index in [1.54, 1.807) is 17.8 Å². The van der Waals surface area contributed by atoms with Gasteiger partial charge in [0.1, 0.15) is 0 Å². The normalized spacial score (nSPS) is 20.5. The van der Waals surface area contributed by atoms with Crippen molar-refractivity contribution in [2.24, 2.45) is 0 Å². The molecule has 0 radical (unpaired) electrons. The van der Waals surface area contributed by atoms with Crippen LogP contribution < -0.4 is 4.90 Å². The van der Waals surface area contributed by atoms with Gasteiger partial charge in [-0.3, -0.25) is 4.79 Å². The number of thioether (sulfide) groups is 1. The molecular formula is C18H21F2NOS. The highest BCUT2D eigenvalue weighted by Crippen LogP contribution is 2.46. The fourth-order valence-corrected chi connectivity index (χ4v) is 4.38. The minimum absolute atomic E-state index is 0.0348. The van der Waals surface area contributed by atoms with Crippen molar-refractivity contribution in [3.63, 3.8) is 0 Å². The molecule has 23 heavy (non-hydrogen) atoms. The smallest absolute Gasteiger partial charge is 0.249 e. The number of carbonyl (C=O) groups excluding carboxylic acids is 1. The maximum absolute atomic E-state index is 13.3. The summed E-state index contributed by atoms with van der Waals surface area (Å²) in [6.45, 7) is 5.92. The second-order valence-electron chi connectivity index (χ2n) is 7.05. The van der Waals surface area contributed by atoms with E-state index in [0.717, 1.165) is 29.6 Å². The van der Waals surface area contributed by atoms with Gasteiger partial charge in [0.2, 0.25) is 5.92 Å². The van der Waals surface area contributed by atoms with Crippen LogP contribution in [0.3, 0.4) is 0 Å². The van der Waals surface area contributed by atoms with E-state index in [0.29, 0.717) is 18.5 Å². The van der Waals surface area contributed by atoms with Crippen molar-refractivity contribution >= 4 is 23.2 Å². The van der Waals surface area contributed by atoms with Crippen molar-refractivity contribution < 1.29 is 13.6 Å². The lowest BCUT2D eigenvalue weighted by molar-refractivity contribution is -0.115. The zero-order valence-electron chi connectivity index (χ0n) is 13.7. The zero-order chi connectivity index (χ0) is 16.8. The number of ketones is 1. The number of anilines is 1. The highest BCUT2D eigenvalue weighted by Gasteiger charge is 2.35. The van der Waals surface area contributed by atoms with Crippen LogP contribution in [0.2, 0.25) is 0 Å². The number of hydrogen-bond acceptors (Lipinski definition) is 3.